The number of aromatic nitrogens is 1. The second kappa shape index (κ2) is 13.9. The Hall–Kier alpha value is -3.44. The Kier molecular flexibility index (Phi) is 10.1. The molecule has 0 aliphatic carbocycles. The first-order valence-electron chi connectivity index (χ1n) is 12.4. The minimum absolute atomic E-state index is 0.0198. The van der Waals surface area contributed by atoms with Gasteiger partial charge in [-0.2, -0.15) is 0 Å². The molecule has 0 bridgehead atoms. The Bertz CT molecular complexity index is 1190. The second-order valence-corrected chi connectivity index (χ2v) is 9.61. The van der Waals surface area contributed by atoms with E-state index in [4.69, 9.17) is 14.2 Å². The maximum atomic E-state index is 12.3. The van der Waals surface area contributed by atoms with Crippen LogP contribution in [0.25, 0.3) is 0 Å². The zero-order chi connectivity index (χ0) is 26.7. The highest BCUT2D eigenvalue weighted by molar-refractivity contribution is 7.99. The molecule has 1 saturated heterocycles. The van der Waals surface area contributed by atoms with Crippen molar-refractivity contribution < 1.29 is 28.9 Å². The maximum Gasteiger partial charge on any atom is 0.325 e. The van der Waals surface area contributed by atoms with Crippen LogP contribution in [0.3, 0.4) is 0 Å². The van der Waals surface area contributed by atoms with Crippen LogP contribution in [0.5, 0.6) is 0 Å². The zero-order valence-corrected chi connectivity index (χ0v) is 21.9. The van der Waals surface area contributed by atoms with Gasteiger partial charge in [-0.25, -0.2) is 9.78 Å². The summed E-state index contributed by atoms with van der Waals surface area (Å²) in [4.78, 5) is 28.1. The molecule has 3 N–H and O–H groups in total. The molecule has 0 spiro atoms. The van der Waals surface area contributed by atoms with Crippen molar-refractivity contribution in [1.29, 1.82) is 0 Å². The van der Waals surface area contributed by atoms with Crippen molar-refractivity contribution in [1.82, 2.24) is 10.3 Å². The van der Waals surface area contributed by atoms with E-state index in [1.807, 2.05) is 48.5 Å². The number of ether oxygens (including phenoxy) is 3. The number of anilines is 1. The quantitative estimate of drug-likeness (QED) is 0.254. The largest absolute Gasteiger partial charge is 0.465 e. The average Bonchev–Trinajstić information content (AvgIpc) is 2.96. The molecule has 10 heteroatoms. The van der Waals surface area contributed by atoms with Crippen molar-refractivity contribution >= 4 is 29.4 Å². The Morgan fingerprint density at radius 2 is 1.92 bits per heavy atom. The number of carbonyl (C=O) groups excluding carboxylic acids is 2. The molecular weight excluding hydrogens is 506 g/mol. The third-order valence-electron chi connectivity index (χ3n) is 5.79. The minimum atomic E-state index is -0.662. The van der Waals surface area contributed by atoms with Gasteiger partial charge in [0.15, 0.2) is 6.29 Å². The normalized spacial score (nSPS) is 18.9. The summed E-state index contributed by atoms with van der Waals surface area (Å²) in [5.41, 5.74) is 3.11. The fourth-order valence-electron chi connectivity index (χ4n) is 3.94. The molecule has 1 aliphatic rings. The lowest BCUT2D eigenvalue weighted by molar-refractivity contribution is -0.245. The third kappa shape index (κ3) is 8.03. The summed E-state index contributed by atoms with van der Waals surface area (Å²) < 4.78 is 17.6. The number of carbonyl (C=O) groups is 2. The molecule has 1 aromatic heterocycles. The van der Waals surface area contributed by atoms with E-state index >= 15 is 0 Å². The summed E-state index contributed by atoms with van der Waals surface area (Å²) in [6.45, 7) is 1.71. The molecule has 2 aromatic carbocycles. The van der Waals surface area contributed by atoms with E-state index in [1.165, 1.54) is 0 Å². The lowest BCUT2D eigenvalue weighted by atomic mass is 10.0. The lowest BCUT2D eigenvalue weighted by Crippen LogP contribution is -2.34. The van der Waals surface area contributed by atoms with Gasteiger partial charge >= 0.3 is 12.0 Å². The first-order valence-corrected chi connectivity index (χ1v) is 13.4. The number of urea groups is 1. The van der Waals surface area contributed by atoms with Gasteiger partial charge in [-0.3, -0.25) is 4.79 Å². The number of amides is 2. The number of hydrogen-bond donors (Lipinski definition) is 3. The first-order chi connectivity index (χ1) is 18.5. The van der Waals surface area contributed by atoms with Crippen molar-refractivity contribution in [3.63, 3.8) is 0 Å². The molecule has 0 radical (unpaired) electrons. The smallest absolute Gasteiger partial charge is 0.325 e. The van der Waals surface area contributed by atoms with Crippen LogP contribution in [0, 0.1) is 0 Å². The Balaban J connectivity index is 1.47. The maximum absolute atomic E-state index is 12.3. The second-order valence-electron chi connectivity index (χ2n) is 8.57. The highest BCUT2D eigenvalue weighted by atomic mass is 32.2. The predicted molar refractivity (Wildman–Crippen MR) is 143 cm³/mol. The third-order valence-corrected chi connectivity index (χ3v) is 6.86. The van der Waals surface area contributed by atoms with Crippen LogP contribution < -0.4 is 10.6 Å². The van der Waals surface area contributed by atoms with E-state index in [2.05, 4.69) is 15.6 Å². The summed E-state index contributed by atoms with van der Waals surface area (Å²) in [7, 11) is 0. The zero-order valence-electron chi connectivity index (χ0n) is 21.0. The number of hydrogen-bond acceptors (Lipinski definition) is 8. The van der Waals surface area contributed by atoms with Crippen LogP contribution in [-0.4, -0.2) is 47.1 Å². The van der Waals surface area contributed by atoms with Gasteiger partial charge in [0, 0.05) is 29.6 Å². The number of benzene rings is 2. The minimum Gasteiger partial charge on any atom is -0.465 e. The van der Waals surface area contributed by atoms with Gasteiger partial charge in [-0.05, 0) is 42.3 Å². The molecule has 3 aromatic rings. The van der Waals surface area contributed by atoms with Gasteiger partial charge in [-0.1, -0.05) is 42.5 Å². The van der Waals surface area contributed by atoms with Crippen LogP contribution >= 0.6 is 11.8 Å². The summed E-state index contributed by atoms with van der Waals surface area (Å²) >= 11 is 1.62. The van der Waals surface area contributed by atoms with E-state index in [1.54, 1.807) is 43.1 Å². The van der Waals surface area contributed by atoms with E-state index in [-0.39, 0.29) is 32.0 Å². The number of rotatable bonds is 10. The molecule has 0 unspecified atom stereocenters. The van der Waals surface area contributed by atoms with Gasteiger partial charge in [0.2, 0.25) is 0 Å². The summed E-state index contributed by atoms with van der Waals surface area (Å²) in [5, 5.41) is 15.5. The number of thioether (sulfide) groups is 1. The molecule has 200 valence electrons. The van der Waals surface area contributed by atoms with Crippen LogP contribution in [0.15, 0.2) is 78.0 Å². The summed E-state index contributed by atoms with van der Waals surface area (Å²) in [6.07, 6.45) is 1.42. The molecule has 1 fully saturated rings. The molecule has 2 amide bonds. The van der Waals surface area contributed by atoms with Crippen LogP contribution in [0.1, 0.15) is 42.4 Å². The van der Waals surface area contributed by atoms with Crippen molar-refractivity contribution in [3.8, 4) is 0 Å². The SMILES string of the molecule is CCOC(=O)CNC(=O)Nc1cccc([C@H]2O[C@@H](CSc3ccccn3)C[C@@H](c3ccc(CO)cc3)O2)c1. The van der Waals surface area contributed by atoms with Gasteiger partial charge in [0.1, 0.15) is 6.54 Å². The highest BCUT2D eigenvalue weighted by Gasteiger charge is 2.32. The molecule has 3 atom stereocenters. The van der Waals surface area contributed by atoms with Crippen molar-refractivity contribution in [2.75, 3.05) is 24.2 Å². The van der Waals surface area contributed by atoms with Crippen LogP contribution in [-0.2, 0) is 25.6 Å². The highest BCUT2D eigenvalue weighted by Crippen LogP contribution is 2.39. The van der Waals surface area contributed by atoms with E-state index in [9.17, 15) is 14.7 Å². The molecule has 4 rings (SSSR count). The van der Waals surface area contributed by atoms with E-state index in [0.717, 1.165) is 21.7 Å². The lowest BCUT2D eigenvalue weighted by Gasteiger charge is -2.36. The fraction of sp³-hybridized carbons (Fsp3) is 0.321. The Morgan fingerprint density at radius 1 is 1.08 bits per heavy atom. The molecule has 0 saturated carbocycles. The van der Waals surface area contributed by atoms with Crippen molar-refractivity contribution in [2.45, 2.75) is 43.5 Å². The number of esters is 1. The summed E-state index contributed by atoms with van der Waals surface area (Å²) in [5.74, 6) is 0.184. The Morgan fingerprint density at radius 3 is 2.66 bits per heavy atom. The van der Waals surface area contributed by atoms with Crippen LogP contribution in [0.2, 0.25) is 0 Å². The number of aliphatic hydroxyl groups excluding tert-OH is 1. The number of pyridine rings is 1. The molecule has 1 aliphatic heterocycles. The monoisotopic (exact) mass is 537 g/mol. The van der Waals surface area contributed by atoms with Crippen LogP contribution in [0.4, 0.5) is 10.5 Å². The molecule has 38 heavy (non-hydrogen) atoms. The van der Waals surface area contributed by atoms with Crippen molar-refractivity contribution in [2.24, 2.45) is 0 Å². The van der Waals surface area contributed by atoms with Gasteiger partial charge in [0.05, 0.1) is 30.4 Å². The standard InChI is InChI=1S/C28H31N3O6S/c1-2-35-26(33)16-30-28(34)31-22-7-5-6-21(14-22)27-36-23(18-38-25-8-3-4-13-29-25)15-24(37-27)20-11-9-19(17-32)10-12-20/h3-14,23-24,27,32H,2,15-18H2,1H3,(H2,30,31,34)/t23-,24+,27+/m1/s1. The number of nitrogens with one attached hydrogen (secondary N) is 2. The number of aliphatic hydroxyl groups is 1. The summed E-state index contributed by atoms with van der Waals surface area (Å²) in [6, 6.07) is 20.2. The predicted octanol–water partition coefficient (Wildman–Crippen LogP) is 4.60. The Labute approximate surface area is 225 Å². The van der Waals surface area contributed by atoms with E-state index in [0.29, 0.717) is 17.9 Å². The molecule has 2 heterocycles. The van der Waals surface area contributed by atoms with Gasteiger partial charge in [-0.15, -0.1) is 11.8 Å². The molecule has 9 nitrogen and oxygen atoms in total. The van der Waals surface area contributed by atoms with Gasteiger partial charge in [0.25, 0.3) is 0 Å². The van der Waals surface area contributed by atoms with E-state index < -0.39 is 18.3 Å². The van der Waals surface area contributed by atoms with Crippen molar-refractivity contribution in [3.05, 3.63) is 89.6 Å². The fourth-order valence-corrected chi connectivity index (χ4v) is 4.82. The van der Waals surface area contributed by atoms with Gasteiger partial charge < -0.3 is 30.0 Å². The average molecular weight is 538 g/mol. The molecular formula is C28H31N3O6S. The first kappa shape index (κ1) is 27.6. The number of nitrogens with zero attached hydrogens (tertiary/aromatic N) is 1. The topological polar surface area (TPSA) is 119 Å².